The molecule has 7 nitrogen and oxygen atoms in total. The van der Waals surface area contributed by atoms with Gasteiger partial charge >= 0.3 is 0 Å². The van der Waals surface area contributed by atoms with Gasteiger partial charge in [-0.1, -0.05) is 23.4 Å². The Morgan fingerprint density at radius 3 is 2.39 bits per heavy atom. The zero-order valence-electron chi connectivity index (χ0n) is 20.8. The monoisotopic (exact) mass is 486 g/mol. The van der Waals surface area contributed by atoms with Gasteiger partial charge in [-0.2, -0.15) is 4.91 Å². The van der Waals surface area contributed by atoms with E-state index in [1.54, 1.807) is 0 Å². The molecule has 1 aromatic carbocycles. The van der Waals surface area contributed by atoms with Gasteiger partial charge in [0.2, 0.25) is 0 Å². The molecule has 1 aliphatic carbocycles. The number of hydrogen-bond acceptors (Lipinski definition) is 7. The van der Waals surface area contributed by atoms with Crippen LogP contribution in [0.4, 0.5) is 0 Å². The van der Waals surface area contributed by atoms with Gasteiger partial charge in [-0.05, 0) is 73.7 Å². The van der Waals surface area contributed by atoms with Crippen LogP contribution in [0.15, 0.2) is 58.4 Å². The molecule has 36 heavy (non-hydrogen) atoms. The van der Waals surface area contributed by atoms with E-state index < -0.39 is 0 Å². The molecule has 0 spiro atoms. The molecule has 0 saturated carbocycles. The molecule has 2 aromatic heterocycles. The van der Waals surface area contributed by atoms with Gasteiger partial charge in [0.1, 0.15) is 17.6 Å². The zero-order valence-corrected chi connectivity index (χ0v) is 20.8. The molecule has 7 heteroatoms. The summed E-state index contributed by atoms with van der Waals surface area (Å²) in [4.78, 5) is 20.5. The molecule has 4 heterocycles. The van der Waals surface area contributed by atoms with E-state index >= 15 is 0 Å². The fourth-order valence-electron chi connectivity index (χ4n) is 5.96. The normalized spacial score (nSPS) is 21.5. The fraction of sp³-hybridized carbons (Fsp3) is 0.483. The molecule has 0 amide bonds. The van der Waals surface area contributed by atoms with E-state index in [0.717, 1.165) is 112 Å². The molecule has 1 atom stereocenters. The van der Waals surface area contributed by atoms with Gasteiger partial charge in [0, 0.05) is 55.6 Å². The van der Waals surface area contributed by atoms with Crippen LogP contribution in [0.1, 0.15) is 48.1 Å². The molecular weight excluding hydrogens is 452 g/mol. The topological polar surface area (TPSA) is 71.2 Å². The Labute approximate surface area is 212 Å². The molecule has 0 radical (unpaired) electrons. The third-order valence-electron chi connectivity index (χ3n) is 8.15. The summed E-state index contributed by atoms with van der Waals surface area (Å²) >= 11 is 0. The molecule has 188 valence electrons. The van der Waals surface area contributed by atoms with Crippen LogP contribution in [-0.2, 0) is 11.2 Å². The van der Waals surface area contributed by atoms with Gasteiger partial charge in [-0.3, -0.25) is 9.88 Å². The van der Waals surface area contributed by atoms with Crippen molar-refractivity contribution in [3.05, 3.63) is 70.6 Å². The minimum Gasteiger partial charge on any atom is -0.460 e. The summed E-state index contributed by atoms with van der Waals surface area (Å²) in [6.07, 6.45) is 7.57. The van der Waals surface area contributed by atoms with Crippen LogP contribution in [0.25, 0.3) is 22.5 Å². The van der Waals surface area contributed by atoms with E-state index in [2.05, 4.69) is 44.2 Å². The van der Waals surface area contributed by atoms with Gasteiger partial charge in [0.15, 0.2) is 0 Å². The summed E-state index contributed by atoms with van der Waals surface area (Å²) in [7, 11) is 0. The number of aryl methyl sites for hydroxylation is 1. The zero-order chi connectivity index (χ0) is 24.3. The Hall–Kier alpha value is -2.87. The summed E-state index contributed by atoms with van der Waals surface area (Å²) in [5.41, 5.74) is 5.62. The third kappa shape index (κ3) is 4.88. The van der Waals surface area contributed by atoms with Crippen molar-refractivity contribution in [3.8, 4) is 22.5 Å². The maximum absolute atomic E-state index is 11.2. The van der Waals surface area contributed by atoms with E-state index in [-0.39, 0.29) is 6.04 Å². The number of hydrogen-bond donors (Lipinski definition) is 0. The predicted octanol–water partition coefficient (Wildman–Crippen LogP) is 5.27. The second-order valence-electron chi connectivity index (χ2n) is 10.3. The van der Waals surface area contributed by atoms with Gasteiger partial charge < -0.3 is 14.1 Å². The largest absolute Gasteiger partial charge is 0.460 e. The Balaban J connectivity index is 1.20. The Morgan fingerprint density at radius 2 is 1.64 bits per heavy atom. The first-order valence-corrected chi connectivity index (χ1v) is 13.3. The number of rotatable bonds is 7. The number of nitroso groups, excluding NO2 is 1. The number of benzene rings is 1. The van der Waals surface area contributed by atoms with Gasteiger partial charge in [-0.25, -0.2) is 0 Å². The number of aromatic nitrogens is 1. The summed E-state index contributed by atoms with van der Waals surface area (Å²) in [5, 5.41) is 3.32. The van der Waals surface area contributed by atoms with Gasteiger partial charge in [0.05, 0.1) is 13.2 Å². The average Bonchev–Trinajstić information content (AvgIpc) is 3.58. The molecule has 0 bridgehead atoms. The summed E-state index contributed by atoms with van der Waals surface area (Å²) in [6, 6.07) is 12.5. The van der Waals surface area contributed by atoms with Gasteiger partial charge in [-0.15, -0.1) is 0 Å². The highest BCUT2D eigenvalue weighted by molar-refractivity contribution is 5.81. The summed E-state index contributed by atoms with van der Waals surface area (Å²) in [6.45, 7) is 8.30. The molecule has 2 saturated heterocycles. The maximum atomic E-state index is 11.2. The first kappa shape index (κ1) is 23.5. The van der Waals surface area contributed by atoms with Crippen molar-refractivity contribution in [1.82, 2.24) is 14.8 Å². The lowest BCUT2D eigenvalue weighted by molar-refractivity contribution is 0.0319. The maximum Gasteiger partial charge on any atom is 0.142 e. The second-order valence-corrected chi connectivity index (χ2v) is 10.3. The highest BCUT2D eigenvalue weighted by Crippen LogP contribution is 2.42. The molecule has 6 rings (SSSR count). The Morgan fingerprint density at radius 1 is 0.889 bits per heavy atom. The van der Waals surface area contributed by atoms with Crippen molar-refractivity contribution in [2.24, 2.45) is 5.18 Å². The van der Waals surface area contributed by atoms with Crippen LogP contribution in [0.5, 0.6) is 0 Å². The van der Waals surface area contributed by atoms with Crippen LogP contribution < -0.4 is 0 Å². The van der Waals surface area contributed by atoms with E-state index in [1.165, 1.54) is 5.56 Å². The number of furan rings is 1. The van der Waals surface area contributed by atoms with Crippen LogP contribution in [0.2, 0.25) is 0 Å². The molecular formula is C29H34N4O3. The fourth-order valence-corrected chi connectivity index (χ4v) is 5.96. The van der Waals surface area contributed by atoms with Crippen molar-refractivity contribution in [2.45, 2.75) is 37.6 Å². The van der Waals surface area contributed by atoms with Gasteiger partial charge in [0.25, 0.3) is 0 Å². The summed E-state index contributed by atoms with van der Waals surface area (Å²) in [5.74, 6) is 2.42. The van der Waals surface area contributed by atoms with Crippen LogP contribution in [-0.4, -0.2) is 67.3 Å². The minimum atomic E-state index is -0.206. The van der Waals surface area contributed by atoms with Crippen molar-refractivity contribution >= 4 is 0 Å². The molecule has 3 aromatic rings. The van der Waals surface area contributed by atoms with E-state index in [1.807, 2.05) is 24.5 Å². The van der Waals surface area contributed by atoms with Crippen molar-refractivity contribution < 1.29 is 9.15 Å². The number of pyridine rings is 1. The van der Waals surface area contributed by atoms with E-state index in [4.69, 9.17) is 9.15 Å². The highest BCUT2D eigenvalue weighted by atomic mass is 16.5. The second kappa shape index (κ2) is 10.6. The number of likely N-dealkylation sites (tertiary alicyclic amines) is 1. The lowest BCUT2D eigenvalue weighted by Crippen LogP contribution is -2.43. The first-order valence-electron chi connectivity index (χ1n) is 13.3. The minimum absolute atomic E-state index is 0.206. The van der Waals surface area contributed by atoms with Crippen LogP contribution >= 0.6 is 0 Å². The number of ether oxygens (including phenoxy) is 1. The SMILES string of the molecule is O=NC1CCc2cc(-c3cc(C4CCN(CCN5CCOCC5)CC4)oc3-c3ccncc3)ccc21. The highest BCUT2D eigenvalue weighted by Gasteiger charge is 2.28. The average molecular weight is 487 g/mol. The summed E-state index contributed by atoms with van der Waals surface area (Å²) < 4.78 is 12.1. The van der Waals surface area contributed by atoms with Crippen molar-refractivity contribution in [3.63, 3.8) is 0 Å². The quantitative estimate of drug-likeness (QED) is 0.424. The van der Waals surface area contributed by atoms with Crippen LogP contribution in [0.3, 0.4) is 0 Å². The molecule has 1 unspecified atom stereocenters. The first-order chi connectivity index (χ1) is 17.8. The predicted molar refractivity (Wildman–Crippen MR) is 140 cm³/mol. The lowest BCUT2D eigenvalue weighted by Gasteiger charge is -2.34. The number of nitrogens with zero attached hydrogens (tertiary/aromatic N) is 4. The molecule has 2 fully saturated rings. The van der Waals surface area contributed by atoms with Crippen molar-refractivity contribution in [1.29, 1.82) is 0 Å². The third-order valence-corrected chi connectivity index (χ3v) is 8.15. The van der Waals surface area contributed by atoms with E-state index in [0.29, 0.717) is 5.92 Å². The molecule has 0 N–H and O–H groups in total. The van der Waals surface area contributed by atoms with Crippen molar-refractivity contribution in [2.75, 3.05) is 52.5 Å². The standard InChI is InChI=1S/C29H34N4O3/c34-31-27-4-2-23-19-24(1-3-25(23)27)26-20-28(36-29(26)22-5-9-30-10-6-22)21-7-11-32(12-8-21)13-14-33-15-17-35-18-16-33/h1,3,5-6,9-10,19-21,27H,2,4,7-8,11-18H2. The van der Waals surface area contributed by atoms with Crippen LogP contribution in [0, 0.1) is 4.91 Å². The number of piperidine rings is 1. The number of fused-ring (bicyclic) bond motifs is 1. The smallest absolute Gasteiger partial charge is 0.142 e. The Kier molecular flexibility index (Phi) is 6.94. The van der Waals surface area contributed by atoms with E-state index in [9.17, 15) is 4.91 Å². The Bertz CT molecular complexity index is 1180. The molecule has 2 aliphatic heterocycles. The number of morpholine rings is 1. The molecule has 3 aliphatic rings. The lowest BCUT2D eigenvalue weighted by atomic mass is 9.92.